The second-order valence-corrected chi connectivity index (χ2v) is 8.73. The third-order valence-electron chi connectivity index (χ3n) is 3.46. The van der Waals surface area contributed by atoms with E-state index in [-0.39, 0.29) is 24.6 Å². The molecule has 154 valence electrons. The van der Waals surface area contributed by atoms with Crippen molar-refractivity contribution in [2.75, 3.05) is 37.1 Å². The molecule has 12 heteroatoms. The van der Waals surface area contributed by atoms with E-state index in [1.54, 1.807) is 0 Å². The van der Waals surface area contributed by atoms with Gasteiger partial charge in [0, 0.05) is 58.7 Å². The van der Waals surface area contributed by atoms with Crippen molar-refractivity contribution in [3.63, 3.8) is 0 Å². The van der Waals surface area contributed by atoms with Gasteiger partial charge in [-0.3, -0.25) is 18.0 Å². The number of aromatic carboxylic acids is 2. The molecule has 0 radical (unpaired) electrons. The van der Waals surface area contributed by atoms with Crippen LogP contribution in [0.3, 0.4) is 0 Å². The number of rotatable bonds is 10. The van der Waals surface area contributed by atoms with Crippen molar-refractivity contribution in [1.82, 2.24) is 10.6 Å². The first kappa shape index (κ1) is 23.4. The third kappa shape index (κ3) is 6.85. The van der Waals surface area contributed by atoms with Crippen LogP contribution in [0.4, 0.5) is 0 Å². The molecule has 28 heavy (non-hydrogen) atoms. The van der Waals surface area contributed by atoms with Crippen molar-refractivity contribution in [3.05, 3.63) is 34.4 Å². The predicted octanol–water partition coefficient (Wildman–Crippen LogP) is -0.700. The summed E-state index contributed by atoms with van der Waals surface area (Å²) in [6.45, 7) is 0.0110. The smallest absolute Gasteiger partial charge is 0.336 e. The van der Waals surface area contributed by atoms with Crippen molar-refractivity contribution >= 4 is 45.4 Å². The largest absolute Gasteiger partial charge is 0.478 e. The maximum Gasteiger partial charge on any atom is 0.336 e. The van der Waals surface area contributed by atoms with Crippen LogP contribution in [0.2, 0.25) is 0 Å². The average Bonchev–Trinajstić information content (AvgIpc) is 2.59. The van der Waals surface area contributed by atoms with Crippen LogP contribution in [0.15, 0.2) is 12.1 Å². The van der Waals surface area contributed by atoms with E-state index in [0.717, 1.165) is 12.1 Å². The number of carboxylic acid groups (broad SMARTS) is 2. The van der Waals surface area contributed by atoms with Crippen LogP contribution < -0.4 is 10.6 Å². The van der Waals surface area contributed by atoms with Crippen molar-refractivity contribution in [2.24, 2.45) is 0 Å². The minimum absolute atomic E-state index is 0.00549. The summed E-state index contributed by atoms with van der Waals surface area (Å²) in [4.78, 5) is 47.5. The Morgan fingerprint density at radius 2 is 1.07 bits per heavy atom. The Morgan fingerprint density at radius 1 is 0.750 bits per heavy atom. The highest BCUT2D eigenvalue weighted by atomic mass is 32.2. The topological polar surface area (TPSA) is 167 Å². The SMILES string of the molecule is CS(=O)CCNC(=O)c1cc(C(=O)NCCS(C)=O)c(C(=O)O)cc1C(=O)O. The van der Waals surface area contributed by atoms with Crippen LogP contribution in [0.25, 0.3) is 0 Å². The number of hydrogen-bond acceptors (Lipinski definition) is 6. The summed E-state index contributed by atoms with van der Waals surface area (Å²) in [5.74, 6) is -4.49. The summed E-state index contributed by atoms with van der Waals surface area (Å²) in [5.41, 5.74) is -1.97. The van der Waals surface area contributed by atoms with E-state index < -0.39 is 67.6 Å². The van der Waals surface area contributed by atoms with Gasteiger partial charge in [-0.05, 0) is 12.1 Å². The zero-order valence-electron chi connectivity index (χ0n) is 15.1. The van der Waals surface area contributed by atoms with Crippen LogP contribution in [0.1, 0.15) is 41.4 Å². The Bertz CT molecular complexity index is 788. The van der Waals surface area contributed by atoms with Crippen LogP contribution in [0.5, 0.6) is 0 Å². The number of hydrogen-bond donors (Lipinski definition) is 4. The molecule has 0 aliphatic heterocycles. The van der Waals surface area contributed by atoms with Crippen LogP contribution in [-0.2, 0) is 21.6 Å². The van der Waals surface area contributed by atoms with Gasteiger partial charge < -0.3 is 20.8 Å². The molecule has 0 aliphatic rings. The Labute approximate surface area is 165 Å². The van der Waals surface area contributed by atoms with Gasteiger partial charge in [0.2, 0.25) is 0 Å². The molecule has 0 fully saturated rings. The second kappa shape index (κ2) is 10.7. The second-order valence-electron chi connectivity index (χ2n) is 5.62. The van der Waals surface area contributed by atoms with Crippen molar-refractivity contribution in [3.8, 4) is 0 Å². The molecule has 0 aliphatic carbocycles. The zero-order valence-corrected chi connectivity index (χ0v) is 16.8. The molecular formula is C16H20N2O8S2. The van der Waals surface area contributed by atoms with Gasteiger partial charge in [-0.15, -0.1) is 0 Å². The monoisotopic (exact) mass is 432 g/mol. The van der Waals surface area contributed by atoms with E-state index in [1.807, 2.05) is 0 Å². The first-order valence-electron chi connectivity index (χ1n) is 7.85. The standard InChI is InChI=1S/C16H20N2O8S2/c1-27(25)5-3-17-13(19)9-7-10(14(20)18-4-6-28(2)26)12(16(23)24)8-11(9)15(21)22/h7-8H,3-6H2,1-2H3,(H,17,19)(H,18,20)(H,21,22)(H,23,24). The number of nitrogens with one attached hydrogen (secondary N) is 2. The predicted molar refractivity (Wildman–Crippen MR) is 103 cm³/mol. The quantitative estimate of drug-likeness (QED) is 0.376. The highest BCUT2D eigenvalue weighted by molar-refractivity contribution is 7.84. The fourth-order valence-corrected chi connectivity index (χ4v) is 2.92. The molecule has 0 saturated carbocycles. The van der Waals surface area contributed by atoms with Gasteiger partial charge in [0.15, 0.2) is 0 Å². The first-order valence-corrected chi connectivity index (χ1v) is 11.3. The van der Waals surface area contributed by atoms with E-state index in [9.17, 15) is 37.8 Å². The molecule has 4 N–H and O–H groups in total. The Kier molecular flexibility index (Phi) is 8.92. The number of carbonyl (C=O) groups excluding carboxylic acids is 2. The summed E-state index contributed by atoms with van der Waals surface area (Å²) in [6, 6.07) is 1.63. The van der Waals surface area contributed by atoms with Gasteiger partial charge in [-0.2, -0.15) is 0 Å². The molecule has 2 unspecified atom stereocenters. The van der Waals surface area contributed by atoms with E-state index >= 15 is 0 Å². The molecule has 10 nitrogen and oxygen atoms in total. The zero-order chi connectivity index (χ0) is 21.4. The van der Waals surface area contributed by atoms with Crippen LogP contribution >= 0.6 is 0 Å². The van der Waals surface area contributed by atoms with E-state index in [1.165, 1.54) is 12.5 Å². The number of carboxylic acids is 2. The summed E-state index contributed by atoms with van der Waals surface area (Å²) in [6.07, 6.45) is 2.87. The number of amides is 2. The molecule has 1 aromatic carbocycles. The van der Waals surface area contributed by atoms with E-state index in [2.05, 4.69) is 10.6 Å². The highest BCUT2D eigenvalue weighted by Crippen LogP contribution is 2.18. The molecule has 0 bridgehead atoms. The molecule has 0 heterocycles. The molecule has 2 amide bonds. The lowest BCUT2D eigenvalue weighted by molar-refractivity contribution is 0.0687. The molecule has 0 spiro atoms. The maximum absolute atomic E-state index is 12.3. The molecular weight excluding hydrogens is 412 g/mol. The van der Waals surface area contributed by atoms with Gasteiger partial charge in [0.1, 0.15) is 0 Å². The third-order valence-corrected chi connectivity index (χ3v) is 5.02. The van der Waals surface area contributed by atoms with Crippen LogP contribution in [-0.4, -0.2) is 79.5 Å². The number of benzene rings is 1. The average molecular weight is 432 g/mol. The Hall–Kier alpha value is -2.60. The molecule has 0 saturated heterocycles. The van der Waals surface area contributed by atoms with Gasteiger partial charge in [-0.1, -0.05) is 0 Å². The summed E-state index contributed by atoms with van der Waals surface area (Å²) >= 11 is 0. The van der Waals surface area contributed by atoms with Gasteiger partial charge in [0.25, 0.3) is 11.8 Å². The maximum atomic E-state index is 12.3. The van der Waals surface area contributed by atoms with Crippen molar-refractivity contribution in [2.45, 2.75) is 0 Å². The van der Waals surface area contributed by atoms with Gasteiger partial charge >= 0.3 is 11.9 Å². The fourth-order valence-electron chi connectivity index (χ4n) is 2.14. The summed E-state index contributed by atoms with van der Waals surface area (Å²) in [7, 11) is -2.36. The lowest BCUT2D eigenvalue weighted by Crippen LogP contribution is -2.32. The fraction of sp³-hybridized carbons (Fsp3) is 0.375. The van der Waals surface area contributed by atoms with Crippen LogP contribution in [0, 0.1) is 0 Å². The Morgan fingerprint density at radius 3 is 1.36 bits per heavy atom. The van der Waals surface area contributed by atoms with Gasteiger partial charge in [0.05, 0.1) is 22.3 Å². The highest BCUT2D eigenvalue weighted by Gasteiger charge is 2.25. The van der Waals surface area contributed by atoms with E-state index in [0.29, 0.717) is 0 Å². The summed E-state index contributed by atoms with van der Waals surface area (Å²) < 4.78 is 22.1. The lowest BCUT2D eigenvalue weighted by atomic mass is 9.97. The van der Waals surface area contributed by atoms with Crippen molar-refractivity contribution < 1.29 is 37.8 Å². The molecule has 2 atom stereocenters. The van der Waals surface area contributed by atoms with E-state index in [4.69, 9.17) is 0 Å². The first-order chi connectivity index (χ1) is 13.0. The van der Waals surface area contributed by atoms with Crippen molar-refractivity contribution in [1.29, 1.82) is 0 Å². The molecule has 0 aromatic heterocycles. The molecule has 1 aromatic rings. The van der Waals surface area contributed by atoms with Gasteiger partial charge in [-0.25, -0.2) is 9.59 Å². The minimum atomic E-state index is -1.54. The summed E-state index contributed by atoms with van der Waals surface area (Å²) in [5, 5.41) is 23.4. The number of carbonyl (C=O) groups is 4. The lowest BCUT2D eigenvalue weighted by Gasteiger charge is -2.13. The Balaban J connectivity index is 3.30. The normalized spacial score (nSPS) is 12.6. The molecule has 1 rings (SSSR count). The minimum Gasteiger partial charge on any atom is -0.478 e.